The van der Waals surface area contributed by atoms with Crippen LogP contribution in [-0.2, 0) is 0 Å². The van der Waals surface area contributed by atoms with Crippen molar-refractivity contribution >= 4 is 16.7 Å². The van der Waals surface area contributed by atoms with Crippen LogP contribution in [0.15, 0.2) is 42.7 Å². The lowest BCUT2D eigenvalue weighted by molar-refractivity contribution is 0.132. The van der Waals surface area contributed by atoms with Crippen LogP contribution >= 0.6 is 0 Å². The number of pyridine rings is 1. The van der Waals surface area contributed by atoms with E-state index in [-0.39, 0.29) is 34.5 Å². The van der Waals surface area contributed by atoms with E-state index in [9.17, 15) is 22.7 Å². The molecule has 10 heteroatoms. The fourth-order valence-corrected chi connectivity index (χ4v) is 4.15. The van der Waals surface area contributed by atoms with Crippen LogP contribution in [0.4, 0.5) is 23.2 Å². The molecule has 4 N–H and O–H groups in total. The summed E-state index contributed by atoms with van der Waals surface area (Å²) in [5.41, 5.74) is 7.52. The third-order valence-corrected chi connectivity index (χ3v) is 5.87. The van der Waals surface area contributed by atoms with E-state index in [0.29, 0.717) is 24.2 Å². The van der Waals surface area contributed by atoms with Crippen molar-refractivity contribution in [3.63, 3.8) is 0 Å². The molecule has 6 nitrogen and oxygen atoms in total. The lowest BCUT2D eigenvalue weighted by atomic mass is 9.97. The van der Waals surface area contributed by atoms with E-state index < -0.39 is 35.4 Å². The number of benzene rings is 2. The zero-order valence-corrected chi connectivity index (χ0v) is 17.2. The number of aromatic nitrogens is 3. The Hall–Kier alpha value is -3.50. The molecule has 3 heterocycles. The minimum atomic E-state index is -1.04. The van der Waals surface area contributed by atoms with E-state index in [4.69, 9.17) is 5.73 Å². The van der Waals surface area contributed by atoms with E-state index in [2.05, 4.69) is 15.0 Å². The van der Waals surface area contributed by atoms with Gasteiger partial charge in [-0.05, 0) is 24.6 Å². The first-order chi connectivity index (χ1) is 15.8. The first-order valence-electron chi connectivity index (χ1n) is 10.3. The highest BCUT2D eigenvalue weighted by Gasteiger charge is 2.30. The Morgan fingerprint density at radius 1 is 0.970 bits per heavy atom. The van der Waals surface area contributed by atoms with Gasteiger partial charge in [0.2, 0.25) is 0 Å². The van der Waals surface area contributed by atoms with Gasteiger partial charge in [0, 0.05) is 54.8 Å². The van der Waals surface area contributed by atoms with Crippen molar-refractivity contribution in [2.75, 3.05) is 18.0 Å². The van der Waals surface area contributed by atoms with Crippen molar-refractivity contribution in [2.24, 2.45) is 5.73 Å². The predicted molar refractivity (Wildman–Crippen MR) is 115 cm³/mol. The van der Waals surface area contributed by atoms with E-state index in [1.54, 1.807) is 4.90 Å². The average Bonchev–Trinajstić information content (AvgIpc) is 3.19. The molecular formula is C23H19F4N5O. The number of piperidine rings is 1. The molecule has 1 aliphatic rings. The van der Waals surface area contributed by atoms with Gasteiger partial charge in [0.1, 0.15) is 17.5 Å². The summed E-state index contributed by atoms with van der Waals surface area (Å²) in [4.78, 5) is 13.3. The number of nitrogens with one attached hydrogen (secondary N) is 1. The van der Waals surface area contributed by atoms with Crippen LogP contribution in [0.1, 0.15) is 6.42 Å². The van der Waals surface area contributed by atoms with Gasteiger partial charge in [-0.2, -0.15) is 0 Å². The highest BCUT2D eigenvalue weighted by atomic mass is 19.2. The highest BCUT2D eigenvalue weighted by Crippen LogP contribution is 2.40. The standard InChI is InChI=1S/C23H19F4N5O/c24-11-1-2-15(25)12(5-11)13-8-29-9-14(22(13)32-4-3-18(28)21(33)10-32)23-30-19-6-16(26)17(27)7-20(19)31-23/h1-2,5-9,18,21,33H,3-4,10,28H2,(H,30,31)/t18-,21+/m1/s1. The van der Waals surface area contributed by atoms with Gasteiger partial charge in [-0.15, -0.1) is 0 Å². The number of anilines is 1. The number of aromatic amines is 1. The number of nitrogens with two attached hydrogens (primary N) is 1. The molecule has 0 unspecified atom stereocenters. The van der Waals surface area contributed by atoms with E-state index in [1.807, 2.05) is 0 Å². The Morgan fingerprint density at radius 3 is 2.52 bits per heavy atom. The van der Waals surface area contributed by atoms with Crippen molar-refractivity contribution in [1.29, 1.82) is 0 Å². The molecule has 0 saturated carbocycles. The Labute approximate surface area is 185 Å². The molecule has 4 aromatic rings. The Kier molecular flexibility index (Phi) is 5.26. The molecule has 2 aromatic carbocycles. The SMILES string of the molecule is N[C@@H]1CCN(c2c(-c3nc4cc(F)c(F)cc4[nH]3)cncc2-c2cc(F)ccc2F)C[C@@H]1O. The quantitative estimate of drug-likeness (QED) is 0.408. The van der Waals surface area contributed by atoms with Crippen LogP contribution in [-0.4, -0.2) is 45.3 Å². The van der Waals surface area contributed by atoms with Crippen LogP contribution in [0.25, 0.3) is 33.5 Å². The normalized spacial score (nSPS) is 18.8. The summed E-state index contributed by atoms with van der Waals surface area (Å²) in [7, 11) is 0. The van der Waals surface area contributed by atoms with Crippen LogP contribution in [0.5, 0.6) is 0 Å². The van der Waals surface area contributed by atoms with Crippen LogP contribution in [0.2, 0.25) is 0 Å². The number of H-pyrrole nitrogens is 1. The molecular weight excluding hydrogens is 438 g/mol. The zero-order valence-electron chi connectivity index (χ0n) is 17.2. The fourth-order valence-electron chi connectivity index (χ4n) is 4.15. The molecule has 170 valence electrons. The summed E-state index contributed by atoms with van der Waals surface area (Å²) in [6, 6.07) is 4.65. The van der Waals surface area contributed by atoms with Gasteiger partial charge in [-0.25, -0.2) is 22.5 Å². The van der Waals surface area contributed by atoms with Gasteiger partial charge >= 0.3 is 0 Å². The van der Waals surface area contributed by atoms with Crippen LogP contribution < -0.4 is 10.6 Å². The van der Waals surface area contributed by atoms with Crippen molar-refractivity contribution in [1.82, 2.24) is 15.0 Å². The van der Waals surface area contributed by atoms with Crippen molar-refractivity contribution in [3.8, 4) is 22.5 Å². The van der Waals surface area contributed by atoms with Gasteiger partial charge < -0.3 is 20.7 Å². The number of hydrogen-bond donors (Lipinski definition) is 3. The van der Waals surface area contributed by atoms with Crippen molar-refractivity contribution in [3.05, 3.63) is 66.0 Å². The molecule has 0 spiro atoms. The predicted octanol–water partition coefficient (Wildman–Crippen LogP) is 3.75. The summed E-state index contributed by atoms with van der Waals surface area (Å²) >= 11 is 0. The molecule has 2 aromatic heterocycles. The third-order valence-electron chi connectivity index (χ3n) is 5.87. The van der Waals surface area contributed by atoms with Gasteiger partial charge in [0.25, 0.3) is 0 Å². The molecule has 0 amide bonds. The van der Waals surface area contributed by atoms with Gasteiger partial charge in [-0.1, -0.05) is 0 Å². The number of aliphatic hydroxyl groups excluding tert-OH is 1. The molecule has 0 bridgehead atoms. The molecule has 0 aliphatic carbocycles. The summed E-state index contributed by atoms with van der Waals surface area (Å²) < 4.78 is 56.2. The molecule has 1 saturated heterocycles. The summed E-state index contributed by atoms with van der Waals surface area (Å²) in [5.74, 6) is -3.11. The second kappa shape index (κ2) is 8.13. The molecule has 2 atom stereocenters. The summed E-state index contributed by atoms with van der Waals surface area (Å²) in [5, 5.41) is 10.4. The lowest BCUT2D eigenvalue weighted by Gasteiger charge is -2.37. The van der Waals surface area contributed by atoms with Gasteiger partial charge in [-0.3, -0.25) is 4.98 Å². The van der Waals surface area contributed by atoms with E-state index in [0.717, 1.165) is 30.3 Å². The zero-order chi connectivity index (χ0) is 23.3. The van der Waals surface area contributed by atoms with Gasteiger partial charge in [0.05, 0.1) is 28.4 Å². The number of nitrogens with zero attached hydrogens (tertiary/aromatic N) is 3. The molecule has 33 heavy (non-hydrogen) atoms. The number of hydrogen-bond acceptors (Lipinski definition) is 5. The second-order valence-corrected chi connectivity index (χ2v) is 8.04. The number of imidazole rings is 1. The smallest absolute Gasteiger partial charge is 0.161 e. The summed E-state index contributed by atoms with van der Waals surface area (Å²) in [6.07, 6.45) is 2.50. The minimum absolute atomic E-state index is 0.0167. The van der Waals surface area contributed by atoms with Crippen molar-refractivity contribution < 1.29 is 22.7 Å². The van der Waals surface area contributed by atoms with Crippen molar-refractivity contribution in [2.45, 2.75) is 18.6 Å². The van der Waals surface area contributed by atoms with E-state index >= 15 is 0 Å². The first-order valence-corrected chi connectivity index (χ1v) is 10.3. The summed E-state index contributed by atoms with van der Waals surface area (Å²) in [6.45, 7) is 0.578. The maximum Gasteiger partial charge on any atom is 0.161 e. The largest absolute Gasteiger partial charge is 0.390 e. The topological polar surface area (TPSA) is 91.1 Å². The van der Waals surface area contributed by atoms with Crippen LogP contribution in [0.3, 0.4) is 0 Å². The Morgan fingerprint density at radius 2 is 1.73 bits per heavy atom. The first kappa shape index (κ1) is 21.4. The fraction of sp³-hybridized carbons (Fsp3) is 0.217. The number of rotatable bonds is 3. The van der Waals surface area contributed by atoms with Gasteiger partial charge in [0.15, 0.2) is 11.6 Å². The molecule has 0 radical (unpaired) electrons. The van der Waals surface area contributed by atoms with Crippen LogP contribution in [0, 0.1) is 23.3 Å². The maximum absolute atomic E-state index is 14.7. The van der Waals surface area contributed by atoms with E-state index in [1.165, 1.54) is 12.4 Å². The third kappa shape index (κ3) is 3.81. The molecule has 5 rings (SSSR count). The molecule has 1 aliphatic heterocycles. The minimum Gasteiger partial charge on any atom is -0.390 e. The highest BCUT2D eigenvalue weighted by molar-refractivity contribution is 5.91. The average molecular weight is 457 g/mol. The maximum atomic E-state index is 14.7. The number of halogens is 4. The lowest BCUT2D eigenvalue weighted by Crippen LogP contribution is -2.50. The second-order valence-electron chi connectivity index (χ2n) is 8.04. The Bertz CT molecular complexity index is 1320. The Balaban J connectivity index is 1.74. The number of fused-ring (bicyclic) bond motifs is 1. The number of β-amino-alcohol motifs (C(OH)–C–C–N with tert-alkyl or cyclic N) is 1. The number of aliphatic hydroxyl groups is 1. The monoisotopic (exact) mass is 457 g/mol. The molecule has 1 fully saturated rings.